The van der Waals surface area contributed by atoms with Crippen LogP contribution in [0.1, 0.15) is 21.5 Å². The second-order valence-electron chi connectivity index (χ2n) is 6.27. The predicted octanol–water partition coefficient (Wildman–Crippen LogP) is 4.16. The van der Waals surface area contributed by atoms with Crippen LogP contribution in [0.3, 0.4) is 0 Å². The first-order valence-corrected chi connectivity index (χ1v) is 8.84. The van der Waals surface area contributed by atoms with Crippen molar-refractivity contribution >= 4 is 28.9 Å². The molecule has 1 amide bonds. The van der Waals surface area contributed by atoms with Gasteiger partial charge < -0.3 is 9.88 Å². The van der Waals surface area contributed by atoms with Gasteiger partial charge in [0.1, 0.15) is 11.4 Å². The smallest absolute Gasteiger partial charge is 0.271 e. The van der Waals surface area contributed by atoms with Crippen molar-refractivity contribution in [2.24, 2.45) is 0 Å². The van der Waals surface area contributed by atoms with E-state index in [0.29, 0.717) is 5.56 Å². The van der Waals surface area contributed by atoms with Crippen LogP contribution < -0.4 is 10.9 Å². The molecule has 3 rings (SSSR count). The van der Waals surface area contributed by atoms with Crippen molar-refractivity contribution in [3.05, 3.63) is 103 Å². The molecular weight excluding hydrogens is 401 g/mol. The number of pyridine rings is 1. The van der Waals surface area contributed by atoms with Crippen molar-refractivity contribution in [1.29, 1.82) is 0 Å². The summed E-state index contributed by atoms with van der Waals surface area (Å²) in [6.45, 7) is 1.52. The summed E-state index contributed by atoms with van der Waals surface area (Å²) in [5.41, 5.74) is -0.0818. The molecule has 2 aromatic carbocycles. The average molecular weight is 416 g/mol. The molecule has 3 aromatic rings. The highest BCUT2D eigenvalue weighted by molar-refractivity contribution is 6.31. The van der Waals surface area contributed by atoms with E-state index in [0.717, 1.165) is 0 Å². The zero-order chi connectivity index (χ0) is 21.1. The molecule has 1 aromatic heterocycles. The number of carbonyl (C=O) groups excluding carboxylic acids is 1. The lowest BCUT2D eigenvalue weighted by Gasteiger charge is -2.11. The van der Waals surface area contributed by atoms with Gasteiger partial charge in [0.2, 0.25) is 0 Å². The van der Waals surface area contributed by atoms with E-state index in [4.69, 9.17) is 11.6 Å². The Hall–Kier alpha value is -3.52. The number of nitro groups is 1. The van der Waals surface area contributed by atoms with Gasteiger partial charge in [-0.15, -0.1) is 0 Å². The molecule has 0 aliphatic heterocycles. The topological polar surface area (TPSA) is 94.2 Å². The Morgan fingerprint density at radius 1 is 1.24 bits per heavy atom. The van der Waals surface area contributed by atoms with Crippen molar-refractivity contribution in [3.63, 3.8) is 0 Å². The van der Waals surface area contributed by atoms with Crippen LogP contribution in [-0.4, -0.2) is 15.4 Å². The number of halogens is 2. The van der Waals surface area contributed by atoms with Crippen molar-refractivity contribution in [2.75, 3.05) is 5.32 Å². The number of benzene rings is 2. The molecule has 0 saturated heterocycles. The number of hydrogen-bond acceptors (Lipinski definition) is 4. The van der Waals surface area contributed by atoms with E-state index in [-0.39, 0.29) is 34.1 Å². The number of carbonyl (C=O) groups is 1. The number of hydrogen-bond donors (Lipinski definition) is 1. The van der Waals surface area contributed by atoms with Crippen LogP contribution in [-0.2, 0) is 6.54 Å². The van der Waals surface area contributed by atoms with E-state index in [2.05, 4.69) is 5.32 Å². The molecule has 0 aliphatic rings. The monoisotopic (exact) mass is 415 g/mol. The SMILES string of the molecule is Cc1ccc([N+](=O)[O-])cc1NC(=O)c1cccn(Cc2c(F)cccc2Cl)c1=O. The predicted molar refractivity (Wildman–Crippen MR) is 107 cm³/mol. The lowest BCUT2D eigenvalue weighted by Crippen LogP contribution is -2.29. The second kappa shape index (κ2) is 8.24. The van der Waals surface area contributed by atoms with Gasteiger partial charge in [0.15, 0.2) is 0 Å². The molecule has 0 atom stereocenters. The Labute approximate surface area is 169 Å². The molecule has 0 bridgehead atoms. The van der Waals surface area contributed by atoms with Gasteiger partial charge in [0.05, 0.1) is 17.2 Å². The van der Waals surface area contributed by atoms with Gasteiger partial charge in [-0.1, -0.05) is 23.7 Å². The first-order chi connectivity index (χ1) is 13.8. The van der Waals surface area contributed by atoms with Crippen LogP contribution in [0.5, 0.6) is 0 Å². The minimum absolute atomic E-state index is 0.128. The fourth-order valence-electron chi connectivity index (χ4n) is 2.74. The minimum atomic E-state index is -0.729. The van der Waals surface area contributed by atoms with Crippen molar-refractivity contribution < 1.29 is 14.1 Å². The van der Waals surface area contributed by atoms with Gasteiger partial charge >= 0.3 is 0 Å². The van der Waals surface area contributed by atoms with E-state index in [1.807, 2.05) is 0 Å². The number of nitro benzene ring substituents is 1. The Morgan fingerprint density at radius 2 is 2.00 bits per heavy atom. The first kappa shape index (κ1) is 20.2. The van der Waals surface area contributed by atoms with E-state index >= 15 is 0 Å². The van der Waals surface area contributed by atoms with Crippen LogP contribution in [0, 0.1) is 22.9 Å². The summed E-state index contributed by atoms with van der Waals surface area (Å²) >= 11 is 6.01. The summed E-state index contributed by atoms with van der Waals surface area (Å²) in [4.78, 5) is 35.7. The van der Waals surface area contributed by atoms with Gasteiger partial charge in [0.25, 0.3) is 17.2 Å². The van der Waals surface area contributed by atoms with Crippen molar-refractivity contribution in [3.8, 4) is 0 Å². The molecule has 1 heterocycles. The summed E-state index contributed by atoms with van der Waals surface area (Å²) in [5.74, 6) is -1.29. The zero-order valence-electron chi connectivity index (χ0n) is 15.2. The third-order valence-electron chi connectivity index (χ3n) is 4.34. The number of aromatic nitrogens is 1. The fraction of sp³-hybridized carbons (Fsp3) is 0.100. The maximum absolute atomic E-state index is 14.0. The number of anilines is 1. The number of rotatable bonds is 5. The largest absolute Gasteiger partial charge is 0.321 e. The summed E-state index contributed by atoms with van der Waals surface area (Å²) in [5, 5.41) is 13.6. The Kier molecular flexibility index (Phi) is 5.74. The summed E-state index contributed by atoms with van der Waals surface area (Å²) in [6.07, 6.45) is 1.42. The summed E-state index contributed by atoms with van der Waals surface area (Å²) in [6, 6.07) is 11.0. The molecule has 9 heteroatoms. The quantitative estimate of drug-likeness (QED) is 0.500. The third-order valence-corrected chi connectivity index (χ3v) is 4.69. The highest BCUT2D eigenvalue weighted by Gasteiger charge is 2.17. The maximum Gasteiger partial charge on any atom is 0.271 e. The Balaban J connectivity index is 1.92. The van der Waals surface area contributed by atoms with Gasteiger partial charge in [-0.05, 0) is 36.8 Å². The van der Waals surface area contributed by atoms with Crippen LogP contribution in [0.2, 0.25) is 5.02 Å². The average Bonchev–Trinajstić information content (AvgIpc) is 2.67. The van der Waals surface area contributed by atoms with Gasteiger partial charge in [0, 0.05) is 28.9 Å². The van der Waals surface area contributed by atoms with E-state index < -0.39 is 22.2 Å². The normalized spacial score (nSPS) is 10.6. The molecule has 7 nitrogen and oxygen atoms in total. The molecule has 1 N–H and O–H groups in total. The highest BCUT2D eigenvalue weighted by Crippen LogP contribution is 2.22. The Morgan fingerprint density at radius 3 is 2.69 bits per heavy atom. The van der Waals surface area contributed by atoms with Crippen molar-refractivity contribution in [2.45, 2.75) is 13.5 Å². The molecule has 0 radical (unpaired) electrons. The number of nitrogens with one attached hydrogen (secondary N) is 1. The van der Waals surface area contributed by atoms with E-state index in [1.54, 1.807) is 6.92 Å². The van der Waals surface area contributed by atoms with E-state index in [9.17, 15) is 24.1 Å². The number of aryl methyl sites for hydroxylation is 1. The highest BCUT2D eigenvalue weighted by atomic mass is 35.5. The van der Waals surface area contributed by atoms with Crippen LogP contribution in [0.15, 0.2) is 59.5 Å². The fourth-order valence-corrected chi connectivity index (χ4v) is 2.96. The molecular formula is C20H15ClFN3O4. The summed E-state index contributed by atoms with van der Waals surface area (Å²) in [7, 11) is 0. The summed E-state index contributed by atoms with van der Waals surface area (Å²) < 4.78 is 15.2. The first-order valence-electron chi connectivity index (χ1n) is 8.46. The van der Waals surface area contributed by atoms with E-state index in [1.165, 1.54) is 59.3 Å². The molecule has 29 heavy (non-hydrogen) atoms. The second-order valence-corrected chi connectivity index (χ2v) is 6.67. The molecule has 0 fully saturated rings. The standard InChI is InChI=1S/C20H15ClFN3O4/c1-12-7-8-13(25(28)29)10-18(12)23-19(26)14-4-3-9-24(20(14)27)11-15-16(21)5-2-6-17(15)22/h2-10H,11H2,1H3,(H,23,26). The van der Waals surface area contributed by atoms with Gasteiger partial charge in [-0.3, -0.25) is 19.7 Å². The van der Waals surface area contributed by atoms with Crippen LogP contribution in [0.25, 0.3) is 0 Å². The minimum Gasteiger partial charge on any atom is -0.321 e. The Bertz CT molecular complexity index is 1160. The molecule has 148 valence electrons. The zero-order valence-corrected chi connectivity index (χ0v) is 15.9. The maximum atomic E-state index is 14.0. The molecule has 0 aliphatic carbocycles. The lowest BCUT2D eigenvalue weighted by molar-refractivity contribution is -0.384. The lowest BCUT2D eigenvalue weighted by atomic mass is 10.1. The van der Waals surface area contributed by atoms with Crippen molar-refractivity contribution in [1.82, 2.24) is 4.57 Å². The number of amides is 1. The molecule has 0 saturated carbocycles. The third kappa shape index (κ3) is 4.33. The molecule has 0 unspecified atom stereocenters. The number of nitrogens with zero attached hydrogens (tertiary/aromatic N) is 2. The molecule has 0 spiro atoms. The van der Waals surface area contributed by atoms with Gasteiger partial charge in [-0.25, -0.2) is 4.39 Å². The number of non-ortho nitro benzene ring substituents is 1. The van der Waals surface area contributed by atoms with Gasteiger partial charge in [-0.2, -0.15) is 0 Å². The van der Waals surface area contributed by atoms with Crippen LogP contribution in [0.4, 0.5) is 15.8 Å². The van der Waals surface area contributed by atoms with Crippen LogP contribution >= 0.6 is 11.6 Å².